The maximum atomic E-state index is 10.8. The minimum Gasteiger partial charge on any atom is -0.476 e. The Balaban J connectivity index is 1.91. The first-order chi connectivity index (χ1) is 8.66. The van der Waals surface area contributed by atoms with Crippen molar-refractivity contribution in [2.75, 3.05) is 11.9 Å². The summed E-state index contributed by atoms with van der Waals surface area (Å²) in [6.45, 7) is 2.46. The number of anilines is 1. The Hall–Kier alpha value is -1.95. The van der Waals surface area contributed by atoms with Crippen LogP contribution >= 0.6 is 11.3 Å². The highest BCUT2D eigenvalue weighted by Crippen LogP contribution is 2.21. The monoisotopic (exact) mass is 263 g/mol. The first kappa shape index (κ1) is 12.5. The van der Waals surface area contributed by atoms with Crippen molar-refractivity contribution >= 4 is 22.4 Å². The number of pyridine rings is 1. The molecular formula is C12H13N3O2S. The van der Waals surface area contributed by atoms with Gasteiger partial charge >= 0.3 is 5.97 Å². The molecule has 0 aliphatic carbocycles. The molecule has 0 saturated carbocycles. The van der Waals surface area contributed by atoms with Crippen molar-refractivity contribution in [2.45, 2.75) is 13.3 Å². The first-order valence-electron chi connectivity index (χ1n) is 5.50. The van der Waals surface area contributed by atoms with Crippen LogP contribution in [0.1, 0.15) is 20.9 Å². The smallest absolute Gasteiger partial charge is 0.355 e. The van der Waals surface area contributed by atoms with Crippen molar-refractivity contribution in [3.63, 3.8) is 0 Å². The number of carboxylic acid groups (broad SMARTS) is 1. The molecule has 0 aromatic carbocycles. The second kappa shape index (κ2) is 5.59. The van der Waals surface area contributed by atoms with E-state index in [1.165, 1.54) is 11.3 Å². The standard InChI is InChI=1S/C12H13N3O2S/c1-8-10(11(16)17)15-12(18-8)14-6-4-9-3-2-5-13-7-9/h2-3,5,7H,4,6H2,1H3,(H,14,15)(H,16,17). The minimum atomic E-state index is -0.982. The molecule has 0 saturated heterocycles. The van der Waals surface area contributed by atoms with Crippen molar-refractivity contribution in [3.8, 4) is 0 Å². The van der Waals surface area contributed by atoms with Crippen molar-refractivity contribution in [3.05, 3.63) is 40.7 Å². The summed E-state index contributed by atoms with van der Waals surface area (Å²) in [5, 5.41) is 12.7. The van der Waals surface area contributed by atoms with Gasteiger partial charge in [0.25, 0.3) is 0 Å². The van der Waals surface area contributed by atoms with Crippen LogP contribution in [0.15, 0.2) is 24.5 Å². The van der Waals surface area contributed by atoms with Crippen LogP contribution in [0.3, 0.4) is 0 Å². The lowest BCUT2D eigenvalue weighted by atomic mass is 10.2. The number of aromatic carboxylic acids is 1. The van der Waals surface area contributed by atoms with Crippen LogP contribution in [0.25, 0.3) is 0 Å². The highest BCUT2D eigenvalue weighted by Gasteiger charge is 2.13. The highest BCUT2D eigenvalue weighted by molar-refractivity contribution is 7.15. The lowest BCUT2D eigenvalue weighted by Crippen LogP contribution is -2.05. The molecule has 0 fully saturated rings. The topological polar surface area (TPSA) is 75.1 Å². The van der Waals surface area contributed by atoms with Gasteiger partial charge in [-0.2, -0.15) is 0 Å². The van der Waals surface area contributed by atoms with Gasteiger partial charge in [-0.15, -0.1) is 11.3 Å². The molecule has 6 heteroatoms. The number of carboxylic acids is 1. The van der Waals surface area contributed by atoms with E-state index in [1.54, 1.807) is 13.1 Å². The van der Waals surface area contributed by atoms with Gasteiger partial charge in [0.2, 0.25) is 0 Å². The molecule has 2 aromatic rings. The van der Waals surface area contributed by atoms with Crippen LogP contribution in [0.5, 0.6) is 0 Å². The van der Waals surface area contributed by atoms with Gasteiger partial charge in [0.1, 0.15) is 0 Å². The van der Waals surface area contributed by atoms with Crippen LogP contribution in [0.2, 0.25) is 0 Å². The Kier molecular flexibility index (Phi) is 3.88. The van der Waals surface area contributed by atoms with Gasteiger partial charge in [0.05, 0.1) is 0 Å². The molecule has 18 heavy (non-hydrogen) atoms. The van der Waals surface area contributed by atoms with Gasteiger partial charge in [0, 0.05) is 23.8 Å². The average Bonchev–Trinajstić information content (AvgIpc) is 2.72. The SMILES string of the molecule is Cc1sc(NCCc2cccnc2)nc1C(=O)O. The summed E-state index contributed by atoms with van der Waals surface area (Å²) in [6, 6.07) is 3.90. The van der Waals surface area contributed by atoms with Gasteiger partial charge in [-0.25, -0.2) is 9.78 Å². The van der Waals surface area contributed by atoms with Crippen LogP contribution < -0.4 is 5.32 Å². The lowest BCUT2D eigenvalue weighted by Gasteiger charge is -2.01. The maximum Gasteiger partial charge on any atom is 0.355 e. The molecule has 0 spiro atoms. The summed E-state index contributed by atoms with van der Waals surface area (Å²) in [7, 11) is 0. The summed E-state index contributed by atoms with van der Waals surface area (Å²) < 4.78 is 0. The quantitative estimate of drug-likeness (QED) is 0.865. The summed E-state index contributed by atoms with van der Waals surface area (Å²) in [4.78, 5) is 19.6. The molecular weight excluding hydrogens is 250 g/mol. The van der Waals surface area contributed by atoms with E-state index in [1.807, 2.05) is 18.3 Å². The summed E-state index contributed by atoms with van der Waals surface area (Å²) in [6.07, 6.45) is 4.38. The van der Waals surface area contributed by atoms with Gasteiger partial charge in [-0.05, 0) is 25.0 Å². The number of aryl methyl sites for hydroxylation is 1. The molecule has 0 aliphatic heterocycles. The van der Waals surface area contributed by atoms with E-state index in [0.717, 1.165) is 12.0 Å². The van der Waals surface area contributed by atoms with Gasteiger partial charge < -0.3 is 10.4 Å². The number of rotatable bonds is 5. The third-order valence-electron chi connectivity index (χ3n) is 2.41. The van der Waals surface area contributed by atoms with Crippen LogP contribution in [-0.4, -0.2) is 27.6 Å². The largest absolute Gasteiger partial charge is 0.476 e. The molecule has 0 aliphatic rings. The number of thiazole rings is 1. The minimum absolute atomic E-state index is 0.129. The second-order valence-electron chi connectivity index (χ2n) is 3.77. The fourth-order valence-corrected chi connectivity index (χ4v) is 2.36. The van der Waals surface area contributed by atoms with Crippen molar-refractivity contribution in [1.29, 1.82) is 0 Å². The zero-order valence-electron chi connectivity index (χ0n) is 9.88. The summed E-state index contributed by atoms with van der Waals surface area (Å²) in [5.41, 5.74) is 1.26. The van der Waals surface area contributed by atoms with E-state index >= 15 is 0 Å². The summed E-state index contributed by atoms with van der Waals surface area (Å²) >= 11 is 1.36. The lowest BCUT2D eigenvalue weighted by molar-refractivity contribution is 0.0690. The Bertz CT molecular complexity index is 540. The summed E-state index contributed by atoms with van der Waals surface area (Å²) in [5.74, 6) is -0.982. The van der Waals surface area contributed by atoms with Crippen molar-refractivity contribution in [2.24, 2.45) is 0 Å². The Morgan fingerprint density at radius 1 is 1.56 bits per heavy atom. The molecule has 0 bridgehead atoms. The molecule has 0 atom stereocenters. The zero-order valence-corrected chi connectivity index (χ0v) is 10.7. The van der Waals surface area contributed by atoms with Crippen LogP contribution in [-0.2, 0) is 6.42 Å². The molecule has 2 N–H and O–H groups in total. The number of nitrogens with zero attached hydrogens (tertiary/aromatic N) is 2. The molecule has 2 aromatic heterocycles. The average molecular weight is 263 g/mol. The Morgan fingerprint density at radius 3 is 3.00 bits per heavy atom. The third kappa shape index (κ3) is 3.04. The molecule has 2 heterocycles. The zero-order chi connectivity index (χ0) is 13.0. The highest BCUT2D eigenvalue weighted by atomic mass is 32.1. The van der Waals surface area contributed by atoms with Gasteiger partial charge in [-0.3, -0.25) is 4.98 Å². The number of aromatic nitrogens is 2. The van der Waals surface area contributed by atoms with Gasteiger partial charge in [0.15, 0.2) is 10.8 Å². The molecule has 5 nitrogen and oxygen atoms in total. The van der Waals surface area contributed by atoms with E-state index < -0.39 is 5.97 Å². The number of hydrogen-bond acceptors (Lipinski definition) is 5. The number of nitrogens with one attached hydrogen (secondary N) is 1. The fraction of sp³-hybridized carbons (Fsp3) is 0.250. The molecule has 0 radical (unpaired) electrons. The molecule has 94 valence electrons. The second-order valence-corrected chi connectivity index (χ2v) is 4.97. The normalized spacial score (nSPS) is 10.3. The molecule has 0 amide bonds. The Morgan fingerprint density at radius 2 is 2.39 bits per heavy atom. The van der Waals surface area contributed by atoms with E-state index in [0.29, 0.717) is 16.6 Å². The maximum absolute atomic E-state index is 10.8. The van der Waals surface area contributed by atoms with E-state index in [9.17, 15) is 4.79 Å². The fourth-order valence-electron chi connectivity index (χ4n) is 1.53. The van der Waals surface area contributed by atoms with E-state index in [4.69, 9.17) is 5.11 Å². The van der Waals surface area contributed by atoms with Crippen molar-refractivity contribution in [1.82, 2.24) is 9.97 Å². The molecule has 0 unspecified atom stereocenters. The Labute approximate surface area is 109 Å². The van der Waals surface area contributed by atoms with E-state index in [-0.39, 0.29) is 5.69 Å². The predicted molar refractivity (Wildman–Crippen MR) is 70.2 cm³/mol. The van der Waals surface area contributed by atoms with Crippen LogP contribution in [0, 0.1) is 6.92 Å². The van der Waals surface area contributed by atoms with Crippen LogP contribution in [0.4, 0.5) is 5.13 Å². The number of carbonyl (C=O) groups is 1. The van der Waals surface area contributed by atoms with Crippen molar-refractivity contribution < 1.29 is 9.90 Å². The third-order valence-corrected chi connectivity index (χ3v) is 3.34. The number of hydrogen-bond donors (Lipinski definition) is 2. The van der Waals surface area contributed by atoms with E-state index in [2.05, 4.69) is 15.3 Å². The molecule has 2 rings (SSSR count). The van der Waals surface area contributed by atoms with Gasteiger partial charge in [-0.1, -0.05) is 6.07 Å². The predicted octanol–water partition coefficient (Wildman–Crippen LogP) is 2.20. The first-order valence-corrected chi connectivity index (χ1v) is 6.32.